The summed E-state index contributed by atoms with van der Waals surface area (Å²) in [5.74, 6) is 3.19. The Balaban J connectivity index is 1.34. The average molecular weight is 385 g/mol. The highest BCUT2D eigenvalue weighted by molar-refractivity contribution is 5.44. The van der Waals surface area contributed by atoms with Crippen LogP contribution in [0.4, 0.5) is 0 Å². The molecule has 1 fully saturated rings. The molecule has 148 valence electrons. The summed E-state index contributed by atoms with van der Waals surface area (Å²) in [7, 11) is 1.77. The molecule has 1 heterocycles. The van der Waals surface area contributed by atoms with Crippen molar-refractivity contribution in [3.8, 4) is 11.4 Å². The fourth-order valence-electron chi connectivity index (χ4n) is 6.67. The average Bonchev–Trinajstić information content (AvgIpc) is 3.31. The monoisotopic (exact) mass is 384 g/mol. The van der Waals surface area contributed by atoms with Gasteiger partial charge in [0.1, 0.15) is 5.75 Å². The quantitative estimate of drug-likeness (QED) is 0.587. The van der Waals surface area contributed by atoms with E-state index in [1.54, 1.807) is 12.7 Å². The molecule has 3 aliphatic rings. The molecule has 1 saturated carbocycles. The maximum Gasteiger partial charge on any atom is 0.119 e. The Hall–Kier alpha value is -2.55. The van der Waals surface area contributed by atoms with Gasteiger partial charge in [0.15, 0.2) is 0 Å². The Morgan fingerprint density at radius 3 is 2.76 bits per heavy atom. The molecular formula is C26H28N2O. The van der Waals surface area contributed by atoms with Crippen molar-refractivity contribution >= 4 is 0 Å². The van der Waals surface area contributed by atoms with Crippen LogP contribution in [-0.4, -0.2) is 16.9 Å². The maximum atomic E-state index is 5.47. The number of methoxy groups -OCH3 is 1. The Labute approximate surface area is 172 Å². The second kappa shape index (κ2) is 6.22. The van der Waals surface area contributed by atoms with Crippen molar-refractivity contribution in [2.45, 2.75) is 50.4 Å². The number of benzene rings is 2. The van der Waals surface area contributed by atoms with Gasteiger partial charge in [-0.15, -0.1) is 0 Å². The first-order valence-corrected chi connectivity index (χ1v) is 11.0. The van der Waals surface area contributed by atoms with Gasteiger partial charge in [0.2, 0.25) is 0 Å². The fraction of sp³-hybridized carbons (Fsp3) is 0.423. The van der Waals surface area contributed by atoms with Crippen LogP contribution in [0.15, 0.2) is 54.7 Å². The highest BCUT2D eigenvalue weighted by Gasteiger charge is 2.54. The summed E-state index contributed by atoms with van der Waals surface area (Å²) < 4.78 is 7.57. The minimum atomic E-state index is 0.223. The summed E-state index contributed by atoms with van der Waals surface area (Å²) in [6.45, 7) is 2.49. The fourth-order valence-corrected chi connectivity index (χ4v) is 6.67. The number of fused-ring (bicyclic) bond motifs is 7. The lowest BCUT2D eigenvalue weighted by Gasteiger charge is -2.49. The number of hydrogen-bond acceptors (Lipinski definition) is 2. The molecule has 0 amide bonds. The van der Waals surface area contributed by atoms with Gasteiger partial charge in [-0.05, 0) is 90.8 Å². The lowest BCUT2D eigenvalue weighted by atomic mass is 9.55. The SMILES string of the molecule is COc1ccc2c(c1)CC[C@@H]1[C@@H]2CC[C@]2(C)c3nn(-c4ccccc4)cc3C[C@@H]12. The van der Waals surface area contributed by atoms with E-state index in [0.717, 1.165) is 23.3 Å². The minimum absolute atomic E-state index is 0.223. The lowest BCUT2D eigenvalue weighted by molar-refractivity contribution is 0.102. The second-order valence-corrected chi connectivity index (χ2v) is 9.42. The van der Waals surface area contributed by atoms with Crippen molar-refractivity contribution in [3.63, 3.8) is 0 Å². The van der Waals surface area contributed by atoms with Gasteiger partial charge in [-0.3, -0.25) is 0 Å². The Kier molecular flexibility index (Phi) is 3.72. The third-order valence-corrected chi connectivity index (χ3v) is 8.11. The zero-order valence-corrected chi connectivity index (χ0v) is 17.3. The standard InChI is InChI=1S/C26H28N2O/c1-26-13-12-22-21-11-9-20(29-2)14-17(21)8-10-23(22)24(26)15-18-16-28(27-25(18)26)19-6-4-3-5-7-19/h3-7,9,11,14,16,22-24H,8,10,12-13,15H2,1-2H3/t22-,23-,24+,26+/m1/s1. The summed E-state index contributed by atoms with van der Waals surface area (Å²) in [5.41, 5.74) is 7.33. The summed E-state index contributed by atoms with van der Waals surface area (Å²) in [6.07, 6.45) is 8.48. The van der Waals surface area contributed by atoms with E-state index >= 15 is 0 Å². The van der Waals surface area contributed by atoms with Gasteiger partial charge in [0, 0.05) is 11.6 Å². The Morgan fingerprint density at radius 1 is 1.07 bits per heavy atom. The molecule has 0 saturated heterocycles. The zero-order chi connectivity index (χ0) is 19.6. The molecule has 3 nitrogen and oxygen atoms in total. The van der Waals surface area contributed by atoms with E-state index in [4.69, 9.17) is 9.84 Å². The van der Waals surface area contributed by atoms with Crippen LogP contribution in [0.25, 0.3) is 5.69 Å². The summed E-state index contributed by atoms with van der Waals surface area (Å²) in [5, 5.41) is 5.12. The maximum absolute atomic E-state index is 5.47. The first-order valence-electron chi connectivity index (χ1n) is 11.0. The molecule has 2 aromatic carbocycles. The molecule has 1 aromatic heterocycles. The van der Waals surface area contributed by atoms with E-state index < -0.39 is 0 Å². The van der Waals surface area contributed by atoms with Crippen molar-refractivity contribution < 1.29 is 4.74 Å². The predicted molar refractivity (Wildman–Crippen MR) is 115 cm³/mol. The van der Waals surface area contributed by atoms with Crippen molar-refractivity contribution in [2.75, 3.05) is 7.11 Å². The number of hydrogen-bond donors (Lipinski definition) is 0. The van der Waals surface area contributed by atoms with E-state index in [1.165, 1.54) is 48.9 Å². The zero-order valence-electron chi connectivity index (χ0n) is 17.3. The number of ether oxygens (including phenoxy) is 1. The highest BCUT2D eigenvalue weighted by atomic mass is 16.5. The van der Waals surface area contributed by atoms with E-state index in [0.29, 0.717) is 5.92 Å². The number of aryl methyl sites for hydroxylation is 1. The molecule has 0 N–H and O–H groups in total. The smallest absolute Gasteiger partial charge is 0.119 e. The Bertz CT molecular complexity index is 1070. The molecule has 6 rings (SSSR count). The van der Waals surface area contributed by atoms with E-state index in [9.17, 15) is 0 Å². The second-order valence-electron chi connectivity index (χ2n) is 9.42. The molecule has 4 atom stereocenters. The summed E-state index contributed by atoms with van der Waals surface area (Å²) in [4.78, 5) is 0. The third kappa shape index (κ3) is 2.46. The molecule has 0 bridgehead atoms. The molecule has 3 heteroatoms. The molecule has 3 aliphatic carbocycles. The van der Waals surface area contributed by atoms with Gasteiger partial charge < -0.3 is 4.74 Å². The van der Waals surface area contributed by atoms with Crippen molar-refractivity contribution in [1.82, 2.24) is 9.78 Å². The van der Waals surface area contributed by atoms with Gasteiger partial charge in [-0.2, -0.15) is 5.10 Å². The number of aromatic nitrogens is 2. The van der Waals surface area contributed by atoms with Crippen molar-refractivity contribution in [1.29, 1.82) is 0 Å². The highest BCUT2D eigenvalue weighted by Crippen LogP contribution is 2.59. The summed E-state index contributed by atoms with van der Waals surface area (Å²) in [6, 6.07) is 17.3. The van der Waals surface area contributed by atoms with Gasteiger partial charge >= 0.3 is 0 Å². The van der Waals surface area contributed by atoms with Gasteiger partial charge in [-0.25, -0.2) is 4.68 Å². The van der Waals surface area contributed by atoms with Gasteiger partial charge in [0.05, 0.1) is 18.5 Å². The number of para-hydroxylation sites is 1. The third-order valence-electron chi connectivity index (χ3n) is 8.11. The van der Waals surface area contributed by atoms with E-state index in [2.05, 4.69) is 66.3 Å². The lowest BCUT2D eigenvalue weighted by Crippen LogP contribution is -2.43. The van der Waals surface area contributed by atoms with Crippen LogP contribution < -0.4 is 4.74 Å². The van der Waals surface area contributed by atoms with Crippen LogP contribution in [0.5, 0.6) is 5.75 Å². The van der Waals surface area contributed by atoms with Crippen LogP contribution in [0, 0.1) is 11.8 Å². The van der Waals surface area contributed by atoms with Crippen molar-refractivity contribution in [2.24, 2.45) is 11.8 Å². The van der Waals surface area contributed by atoms with Gasteiger partial charge in [0.25, 0.3) is 0 Å². The van der Waals surface area contributed by atoms with E-state index in [-0.39, 0.29) is 5.41 Å². The predicted octanol–water partition coefficient (Wildman–Crippen LogP) is 5.45. The first-order chi connectivity index (χ1) is 14.2. The van der Waals surface area contributed by atoms with Crippen LogP contribution >= 0.6 is 0 Å². The topological polar surface area (TPSA) is 27.1 Å². The normalized spacial score (nSPS) is 29.5. The Morgan fingerprint density at radius 2 is 1.93 bits per heavy atom. The van der Waals surface area contributed by atoms with Crippen LogP contribution in [0.1, 0.15) is 54.5 Å². The molecule has 0 aliphatic heterocycles. The van der Waals surface area contributed by atoms with Crippen LogP contribution in [-0.2, 0) is 18.3 Å². The van der Waals surface area contributed by atoms with Crippen molar-refractivity contribution in [3.05, 3.63) is 77.1 Å². The molecular weight excluding hydrogens is 356 g/mol. The number of rotatable bonds is 2. The number of nitrogens with zero attached hydrogens (tertiary/aromatic N) is 2. The van der Waals surface area contributed by atoms with Crippen LogP contribution in [0.2, 0.25) is 0 Å². The van der Waals surface area contributed by atoms with Crippen LogP contribution in [0.3, 0.4) is 0 Å². The van der Waals surface area contributed by atoms with Gasteiger partial charge in [-0.1, -0.05) is 31.2 Å². The summed E-state index contributed by atoms with van der Waals surface area (Å²) >= 11 is 0. The first kappa shape index (κ1) is 17.3. The van der Waals surface area contributed by atoms with E-state index in [1.807, 2.05) is 0 Å². The molecule has 0 radical (unpaired) electrons. The largest absolute Gasteiger partial charge is 0.497 e. The minimum Gasteiger partial charge on any atom is -0.497 e. The molecule has 0 unspecified atom stereocenters. The molecule has 29 heavy (non-hydrogen) atoms. The molecule has 0 spiro atoms. The molecule has 3 aromatic rings.